The second kappa shape index (κ2) is 6.31. The van der Waals surface area contributed by atoms with Gasteiger partial charge in [0.25, 0.3) is 0 Å². The summed E-state index contributed by atoms with van der Waals surface area (Å²) < 4.78 is 5.66. The van der Waals surface area contributed by atoms with Crippen LogP contribution >= 0.6 is 0 Å². The van der Waals surface area contributed by atoms with E-state index in [4.69, 9.17) is 15.6 Å². The van der Waals surface area contributed by atoms with Gasteiger partial charge in [-0.05, 0) is 36.2 Å². The molecular weight excluding hydrogens is 240 g/mol. The van der Waals surface area contributed by atoms with E-state index in [9.17, 15) is 0 Å². The maximum atomic E-state index is 8.96. The Morgan fingerprint density at radius 1 is 1.16 bits per heavy atom. The number of hydrogen-bond donors (Lipinski definition) is 2. The van der Waals surface area contributed by atoms with Crippen LogP contribution in [0.25, 0.3) is 0 Å². The number of pyridine rings is 1. The lowest BCUT2D eigenvalue weighted by atomic mass is 10.1. The van der Waals surface area contributed by atoms with Crippen molar-refractivity contribution in [1.29, 1.82) is 0 Å². The molecule has 100 valence electrons. The number of hydrogen-bond acceptors (Lipinski definition) is 4. The molecule has 1 heterocycles. The van der Waals surface area contributed by atoms with Gasteiger partial charge in [0.15, 0.2) is 0 Å². The average Bonchev–Trinajstić information content (AvgIpc) is 2.48. The summed E-state index contributed by atoms with van der Waals surface area (Å²) in [6.07, 6.45) is 2.53. The first-order chi connectivity index (χ1) is 9.22. The van der Waals surface area contributed by atoms with Gasteiger partial charge >= 0.3 is 0 Å². The molecule has 0 unspecified atom stereocenters. The highest BCUT2D eigenvalue weighted by Gasteiger charge is 2.05. The maximum Gasteiger partial charge on any atom is 0.145 e. The molecule has 0 fully saturated rings. The molecule has 0 saturated heterocycles. The van der Waals surface area contributed by atoms with Gasteiger partial charge in [0.2, 0.25) is 0 Å². The largest absolute Gasteiger partial charge is 0.456 e. The minimum Gasteiger partial charge on any atom is -0.456 e. The molecule has 0 bridgehead atoms. The number of nitrogens with two attached hydrogens (primary N) is 1. The van der Waals surface area contributed by atoms with Crippen LogP contribution in [0.2, 0.25) is 0 Å². The van der Waals surface area contributed by atoms with E-state index in [1.807, 2.05) is 43.3 Å². The molecule has 2 aromatic rings. The summed E-state index contributed by atoms with van der Waals surface area (Å²) in [5.41, 5.74) is 7.62. The van der Waals surface area contributed by atoms with E-state index in [0.717, 1.165) is 17.7 Å². The predicted molar refractivity (Wildman–Crippen MR) is 73.9 cm³/mol. The molecule has 0 amide bonds. The topological polar surface area (TPSA) is 68.4 Å². The fourth-order valence-electron chi connectivity index (χ4n) is 1.68. The number of rotatable bonds is 5. The first-order valence-corrected chi connectivity index (χ1v) is 6.32. The van der Waals surface area contributed by atoms with Crippen LogP contribution in [-0.4, -0.2) is 10.1 Å². The van der Waals surface area contributed by atoms with Crippen molar-refractivity contribution in [3.63, 3.8) is 0 Å². The maximum absolute atomic E-state index is 8.96. The predicted octanol–water partition coefficient (Wildman–Crippen LogP) is 2.78. The van der Waals surface area contributed by atoms with Crippen molar-refractivity contribution < 1.29 is 9.84 Å². The fourth-order valence-corrected chi connectivity index (χ4v) is 1.68. The molecule has 2 rings (SSSR count). The number of nitrogens with zero attached hydrogens (tertiary/aromatic N) is 1. The van der Waals surface area contributed by atoms with Crippen LogP contribution in [0.4, 0.5) is 0 Å². The van der Waals surface area contributed by atoms with E-state index in [1.165, 1.54) is 0 Å². The van der Waals surface area contributed by atoms with Crippen molar-refractivity contribution in [2.75, 3.05) is 0 Å². The lowest BCUT2D eigenvalue weighted by Crippen LogP contribution is -2.10. The third-order valence-electron chi connectivity index (χ3n) is 2.92. The van der Waals surface area contributed by atoms with Crippen molar-refractivity contribution in [3.05, 3.63) is 53.9 Å². The molecule has 1 aromatic carbocycles. The van der Waals surface area contributed by atoms with Gasteiger partial charge in [-0.3, -0.25) is 4.98 Å². The summed E-state index contributed by atoms with van der Waals surface area (Å²) in [6, 6.07) is 11.0. The van der Waals surface area contributed by atoms with E-state index in [2.05, 4.69) is 4.98 Å². The molecule has 4 heteroatoms. The number of aliphatic hydroxyl groups excluding tert-OH is 1. The van der Waals surface area contributed by atoms with Crippen molar-refractivity contribution in [2.45, 2.75) is 26.0 Å². The zero-order chi connectivity index (χ0) is 13.7. The number of aromatic nitrogens is 1. The van der Waals surface area contributed by atoms with Crippen LogP contribution in [0.15, 0.2) is 42.6 Å². The van der Waals surface area contributed by atoms with Gasteiger partial charge in [-0.25, -0.2) is 0 Å². The van der Waals surface area contributed by atoms with Crippen LogP contribution < -0.4 is 10.5 Å². The second-order valence-corrected chi connectivity index (χ2v) is 4.34. The summed E-state index contributed by atoms with van der Waals surface area (Å²) >= 11 is 0. The van der Waals surface area contributed by atoms with Crippen molar-refractivity contribution in [1.82, 2.24) is 4.98 Å². The van der Waals surface area contributed by atoms with Gasteiger partial charge in [0.1, 0.15) is 11.5 Å². The summed E-state index contributed by atoms with van der Waals surface area (Å²) in [5, 5.41) is 8.96. The van der Waals surface area contributed by atoms with Crippen LogP contribution in [-0.2, 0) is 6.61 Å². The van der Waals surface area contributed by atoms with Gasteiger partial charge in [-0.2, -0.15) is 0 Å². The summed E-state index contributed by atoms with van der Waals surface area (Å²) in [5.74, 6) is 1.38. The lowest BCUT2D eigenvalue weighted by molar-refractivity contribution is 0.281. The summed E-state index contributed by atoms with van der Waals surface area (Å²) in [4.78, 5) is 4.29. The van der Waals surface area contributed by atoms with E-state index in [0.29, 0.717) is 11.5 Å². The number of benzene rings is 1. The molecule has 1 aromatic heterocycles. The Balaban J connectivity index is 2.06. The minimum atomic E-state index is -0.0297. The normalized spacial score (nSPS) is 12.2. The number of aliphatic hydroxyl groups is 1. The van der Waals surface area contributed by atoms with Crippen molar-refractivity contribution in [3.8, 4) is 11.5 Å². The van der Waals surface area contributed by atoms with Crippen molar-refractivity contribution in [2.24, 2.45) is 5.73 Å². The Morgan fingerprint density at radius 3 is 2.37 bits per heavy atom. The average molecular weight is 258 g/mol. The Morgan fingerprint density at radius 2 is 1.84 bits per heavy atom. The van der Waals surface area contributed by atoms with Gasteiger partial charge in [-0.1, -0.05) is 19.1 Å². The van der Waals surface area contributed by atoms with Gasteiger partial charge in [0.05, 0.1) is 18.5 Å². The molecule has 1 atom stereocenters. The quantitative estimate of drug-likeness (QED) is 0.865. The fraction of sp³-hybridized carbons (Fsp3) is 0.267. The molecule has 19 heavy (non-hydrogen) atoms. The van der Waals surface area contributed by atoms with Gasteiger partial charge in [0, 0.05) is 6.04 Å². The molecule has 0 aliphatic carbocycles. The minimum absolute atomic E-state index is 0.0297. The molecular formula is C15H18N2O2. The number of ether oxygens (including phenoxy) is 1. The smallest absolute Gasteiger partial charge is 0.145 e. The molecule has 0 aliphatic rings. The van der Waals surface area contributed by atoms with Crippen LogP contribution in [0.1, 0.15) is 30.6 Å². The first-order valence-electron chi connectivity index (χ1n) is 6.32. The van der Waals surface area contributed by atoms with E-state index < -0.39 is 0 Å². The first kappa shape index (κ1) is 13.5. The third kappa shape index (κ3) is 3.53. The monoisotopic (exact) mass is 258 g/mol. The Kier molecular flexibility index (Phi) is 4.49. The standard InChI is InChI=1S/C15H18N2O2/c1-2-14(16)15-8-7-13(9-17-15)19-12-5-3-11(10-18)4-6-12/h3-9,14,18H,2,10,16H2,1H3/t14-/m1/s1. The van der Waals surface area contributed by atoms with E-state index in [1.54, 1.807) is 6.20 Å². The Labute approximate surface area is 112 Å². The lowest BCUT2D eigenvalue weighted by Gasteiger charge is -2.09. The van der Waals surface area contributed by atoms with Crippen LogP contribution in [0, 0.1) is 0 Å². The third-order valence-corrected chi connectivity index (χ3v) is 2.92. The zero-order valence-corrected chi connectivity index (χ0v) is 10.9. The van der Waals surface area contributed by atoms with Gasteiger partial charge in [-0.15, -0.1) is 0 Å². The second-order valence-electron chi connectivity index (χ2n) is 4.34. The molecule has 0 saturated carbocycles. The highest BCUT2D eigenvalue weighted by Crippen LogP contribution is 2.22. The summed E-state index contributed by atoms with van der Waals surface area (Å²) in [7, 11) is 0. The Hall–Kier alpha value is -1.91. The van der Waals surface area contributed by atoms with E-state index in [-0.39, 0.29) is 12.6 Å². The van der Waals surface area contributed by atoms with E-state index >= 15 is 0 Å². The van der Waals surface area contributed by atoms with Gasteiger partial charge < -0.3 is 15.6 Å². The summed E-state index contributed by atoms with van der Waals surface area (Å²) in [6.45, 7) is 2.06. The SMILES string of the molecule is CC[C@@H](N)c1ccc(Oc2ccc(CO)cc2)cn1. The molecule has 0 radical (unpaired) electrons. The highest BCUT2D eigenvalue weighted by molar-refractivity contribution is 5.32. The van der Waals surface area contributed by atoms with Crippen molar-refractivity contribution >= 4 is 0 Å². The van der Waals surface area contributed by atoms with Crippen LogP contribution in [0.3, 0.4) is 0 Å². The van der Waals surface area contributed by atoms with Crippen LogP contribution in [0.5, 0.6) is 11.5 Å². The molecule has 0 spiro atoms. The molecule has 4 nitrogen and oxygen atoms in total. The molecule has 3 N–H and O–H groups in total. The molecule has 0 aliphatic heterocycles. The zero-order valence-electron chi connectivity index (χ0n) is 10.9. The highest BCUT2D eigenvalue weighted by atomic mass is 16.5. The Bertz CT molecular complexity index is 509.